The smallest absolute Gasteiger partial charge is 0.411 e. The van der Waals surface area contributed by atoms with Crippen molar-refractivity contribution in [2.75, 3.05) is 6.54 Å². The monoisotopic (exact) mass is 479 g/mol. The third-order valence-electron chi connectivity index (χ3n) is 6.36. The van der Waals surface area contributed by atoms with E-state index < -0.39 is 11.2 Å². The fourth-order valence-electron chi connectivity index (χ4n) is 4.57. The first kappa shape index (κ1) is 24.2. The van der Waals surface area contributed by atoms with Gasteiger partial charge in [0.2, 0.25) is 0 Å². The second kappa shape index (κ2) is 9.35. The normalized spacial score (nSPS) is 19.6. The van der Waals surface area contributed by atoms with E-state index in [4.69, 9.17) is 16.3 Å². The highest BCUT2D eigenvalue weighted by Crippen LogP contribution is 2.42. The lowest BCUT2D eigenvalue weighted by Crippen LogP contribution is -2.51. The van der Waals surface area contributed by atoms with Crippen molar-refractivity contribution in [1.29, 1.82) is 0 Å². The Labute approximate surface area is 205 Å². The molecule has 0 radical (unpaired) electrons. The number of hydrogen-bond donors (Lipinski definition) is 1. The van der Waals surface area contributed by atoms with Crippen molar-refractivity contribution >= 4 is 17.7 Å². The van der Waals surface area contributed by atoms with Crippen molar-refractivity contribution in [3.63, 3.8) is 0 Å². The first-order valence-corrected chi connectivity index (χ1v) is 11.8. The molecule has 1 N–H and O–H groups in total. The first-order chi connectivity index (χ1) is 16.1. The number of cyclic esters (lactones) is 1. The Morgan fingerprint density at radius 2 is 1.82 bits per heavy atom. The van der Waals surface area contributed by atoms with Crippen LogP contribution < -0.4 is 0 Å². The van der Waals surface area contributed by atoms with Gasteiger partial charge in [-0.15, -0.1) is 0 Å². The summed E-state index contributed by atoms with van der Waals surface area (Å²) >= 11 is 6.19. The summed E-state index contributed by atoms with van der Waals surface area (Å²) in [6.07, 6.45) is 0.534. The van der Waals surface area contributed by atoms with Gasteiger partial charge in [0.25, 0.3) is 0 Å². The molecule has 1 aliphatic rings. The number of nitrogens with zero attached hydrogens (tertiary/aromatic N) is 3. The van der Waals surface area contributed by atoms with E-state index in [1.807, 2.05) is 68.4 Å². The standard InChI is InChI=1S/C27H30ClN3O3/c1-18-23(28)16-24(30-29-18)21-12-10-20(11-13-21)19(2)31-15-14-27(34-25(31)32,17-26(3,4)33)22-8-6-5-7-9-22/h5-13,16,19,33H,14-15,17H2,1-4H3/t19-,27-/m0/s1. The van der Waals surface area contributed by atoms with Gasteiger partial charge in [0.1, 0.15) is 5.60 Å². The van der Waals surface area contributed by atoms with Crippen LogP contribution >= 0.6 is 11.6 Å². The summed E-state index contributed by atoms with van der Waals surface area (Å²) in [5.41, 5.74) is 2.34. The summed E-state index contributed by atoms with van der Waals surface area (Å²) in [6.45, 7) is 7.81. The molecule has 4 rings (SSSR count). The molecule has 0 unspecified atom stereocenters. The molecule has 34 heavy (non-hydrogen) atoms. The van der Waals surface area contributed by atoms with Crippen LogP contribution in [0, 0.1) is 6.92 Å². The quantitative estimate of drug-likeness (QED) is 0.464. The molecule has 3 aromatic rings. The molecule has 1 fully saturated rings. The number of carbonyl (C=O) groups excluding carboxylic acids is 1. The molecule has 1 aliphatic heterocycles. The van der Waals surface area contributed by atoms with Gasteiger partial charge in [-0.25, -0.2) is 4.79 Å². The molecule has 178 valence electrons. The van der Waals surface area contributed by atoms with E-state index in [0.717, 1.165) is 16.7 Å². The van der Waals surface area contributed by atoms with Crippen molar-refractivity contribution < 1.29 is 14.6 Å². The zero-order valence-corrected chi connectivity index (χ0v) is 20.7. The SMILES string of the molecule is Cc1nnc(-c2ccc([C@H](C)N3CC[C@](CC(C)(C)O)(c4ccccc4)OC3=O)cc2)cc1Cl. The summed E-state index contributed by atoms with van der Waals surface area (Å²) in [4.78, 5) is 15.0. The fourth-order valence-corrected chi connectivity index (χ4v) is 4.72. The maximum Gasteiger partial charge on any atom is 0.411 e. The number of aryl methyl sites for hydroxylation is 1. The predicted octanol–water partition coefficient (Wildman–Crippen LogP) is 6.07. The second-order valence-corrected chi connectivity index (χ2v) is 10.0. The average molecular weight is 480 g/mol. The topological polar surface area (TPSA) is 75.6 Å². The Morgan fingerprint density at radius 1 is 1.15 bits per heavy atom. The van der Waals surface area contributed by atoms with Crippen LogP contribution in [-0.4, -0.2) is 38.4 Å². The van der Waals surface area contributed by atoms with Gasteiger partial charge in [0, 0.05) is 24.9 Å². The van der Waals surface area contributed by atoms with Crippen LogP contribution in [-0.2, 0) is 10.3 Å². The van der Waals surface area contributed by atoms with E-state index in [1.165, 1.54) is 0 Å². The maximum absolute atomic E-state index is 13.2. The van der Waals surface area contributed by atoms with Gasteiger partial charge < -0.3 is 14.7 Å². The largest absolute Gasteiger partial charge is 0.438 e. The number of halogens is 1. The number of benzene rings is 2. The van der Waals surface area contributed by atoms with Gasteiger partial charge in [-0.2, -0.15) is 10.2 Å². The molecule has 0 bridgehead atoms. The summed E-state index contributed by atoms with van der Waals surface area (Å²) < 4.78 is 6.10. The minimum Gasteiger partial charge on any atom is -0.438 e. The number of rotatable bonds is 6. The summed E-state index contributed by atoms with van der Waals surface area (Å²) in [5.74, 6) is 0. The molecule has 2 heterocycles. The van der Waals surface area contributed by atoms with Crippen molar-refractivity contribution in [3.05, 3.63) is 82.5 Å². The van der Waals surface area contributed by atoms with Crippen molar-refractivity contribution in [2.45, 2.75) is 57.8 Å². The lowest BCUT2D eigenvalue weighted by molar-refractivity contribution is -0.101. The Morgan fingerprint density at radius 3 is 2.41 bits per heavy atom. The first-order valence-electron chi connectivity index (χ1n) is 11.5. The average Bonchev–Trinajstić information content (AvgIpc) is 2.80. The predicted molar refractivity (Wildman–Crippen MR) is 132 cm³/mol. The Kier molecular flexibility index (Phi) is 6.65. The van der Waals surface area contributed by atoms with Crippen LogP contribution in [0.1, 0.15) is 56.5 Å². The van der Waals surface area contributed by atoms with Crippen molar-refractivity contribution in [3.8, 4) is 11.3 Å². The molecular formula is C27H30ClN3O3. The molecule has 2 aromatic carbocycles. The molecule has 0 saturated carbocycles. The third kappa shape index (κ3) is 5.08. The molecule has 1 saturated heterocycles. The minimum absolute atomic E-state index is 0.176. The Hall–Kier alpha value is -2.96. The highest BCUT2D eigenvalue weighted by atomic mass is 35.5. The number of aliphatic hydroxyl groups is 1. The third-order valence-corrected chi connectivity index (χ3v) is 6.75. The molecule has 0 spiro atoms. The van der Waals surface area contributed by atoms with Gasteiger partial charge in [-0.1, -0.05) is 66.2 Å². The number of ether oxygens (including phenoxy) is 1. The van der Waals surface area contributed by atoms with Gasteiger partial charge in [-0.3, -0.25) is 0 Å². The molecule has 6 nitrogen and oxygen atoms in total. The van der Waals surface area contributed by atoms with E-state index >= 15 is 0 Å². The van der Waals surface area contributed by atoms with Crippen LogP contribution in [0.15, 0.2) is 60.7 Å². The maximum atomic E-state index is 13.2. The number of aromatic nitrogens is 2. The lowest BCUT2D eigenvalue weighted by atomic mass is 9.80. The van der Waals surface area contributed by atoms with Gasteiger partial charge in [-0.05, 0) is 44.9 Å². The lowest BCUT2D eigenvalue weighted by Gasteiger charge is -2.45. The minimum atomic E-state index is -0.985. The molecule has 1 amide bonds. The number of amides is 1. The van der Waals surface area contributed by atoms with E-state index in [-0.39, 0.29) is 12.1 Å². The van der Waals surface area contributed by atoms with Gasteiger partial charge in [0.15, 0.2) is 0 Å². The highest BCUT2D eigenvalue weighted by molar-refractivity contribution is 6.31. The zero-order valence-electron chi connectivity index (χ0n) is 20.0. The molecule has 1 aromatic heterocycles. The van der Waals surface area contributed by atoms with E-state index in [0.29, 0.717) is 35.8 Å². The Balaban J connectivity index is 1.53. The van der Waals surface area contributed by atoms with Crippen molar-refractivity contribution in [2.24, 2.45) is 0 Å². The van der Waals surface area contributed by atoms with Crippen molar-refractivity contribution in [1.82, 2.24) is 15.1 Å². The van der Waals surface area contributed by atoms with Gasteiger partial charge in [0.05, 0.1) is 28.1 Å². The van der Waals surface area contributed by atoms with Gasteiger partial charge >= 0.3 is 6.09 Å². The second-order valence-electron chi connectivity index (χ2n) is 9.62. The highest BCUT2D eigenvalue weighted by Gasteiger charge is 2.46. The molecule has 2 atom stereocenters. The van der Waals surface area contributed by atoms with Crippen LogP contribution in [0.25, 0.3) is 11.3 Å². The molecule has 0 aliphatic carbocycles. The van der Waals surface area contributed by atoms with Crippen LogP contribution in [0.4, 0.5) is 4.79 Å². The number of hydrogen-bond acceptors (Lipinski definition) is 5. The summed E-state index contributed by atoms with van der Waals surface area (Å²) in [7, 11) is 0. The van der Waals surface area contributed by atoms with E-state index in [2.05, 4.69) is 10.2 Å². The zero-order chi connectivity index (χ0) is 24.5. The van der Waals surface area contributed by atoms with E-state index in [9.17, 15) is 9.90 Å². The summed E-state index contributed by atoms with van der Waals surface area (Å²) in [6, 6.07) is 19.2. The Bertz CT molecular complexity index is 1160. The number of carbonyl (C=O) groups is 1. The molecule has 7 heteroatoms. The van der Waals surface area contributed by atoms with Crippen LogP contribution in [0.2, 0.25) is 5.02 Å². The summed E-state index contributed by atoms with van der Waals surface area (Å²) in [5, 5.41) is 19.5. The van der Waals surface area contributed by atoms with E-state index in [1.54, 1.807) is 24.8 Å². The van der Waals surface area contributed by atoms with Crippen LogP contribution in [0.5, 0.6) is 0 Å². The van der Waals surface area contributed by atoms with Crippen LogP contribution in [0.3, 0.4) is 0 Å². The fraction of sp³-hybridized carbons (Fsp3) is 0.370. The molecular weight excluding hydrogens is 450 g/mol.